The summed E-state index contributed by atoms with van der Waals surface area (Å²) in [5.74, 6) is 0.954. The summed E-state index contributed by atoms with van der Waals surface area (Å²) in [6, 6.07) is 10.8. The quantitative estimate of drug-likeness (QED) is 0.274. The van der Waals surface area contributed by atoms with E-state index in [9.17, 15) is 4.79 Å². The van der Waals surface area contributed by atoms with Crippen molar-refractivity contribution in [2.45, 2.75) is 39.2 Å². The van der Waals surface area contributed by atoms with Gasteiger partial charge in [0.15, 0.2) is 5.96 Å². The van der Waals surface area contributed by atoms with Crippen LogP contribution in [-0.2, 0) is 16.1 Å². The first-order valence-corrected chi connectivity index (χ1v) is 12.3. The van der Waals surface area contributed by atoms with E-state index in [1.165, 1.54) is 18.5 Å². The maximum atomic E-state index is 11.9. The predicted molar refractivity (Wildman–Crippen MR) is 130 cm³/mol. The molecule has 0 aromatic heterocycles. The van der Waals surface area contributed by atoms with Crippen molar-refractivity contribution in [2.24, 2.45) is 10.9 Å². The van der Waals surface area contributed by atoms with Crippen LogP contribution in [0.5, 0.6) is 0 Å². The van der Waals surface area contributed by atoms with Crippen molar-refractivity contribution in [3.63, 3.8) is 0 Å². The second-order valence-corrected chi connectivity index (χ2v) is 8.80. The normalized spacial score (nSPS) is 19.2. The molecule has 0 radical (unpaired) electrons. The number of guanidine groups is 1. The van der Waals surface area contributed by atoms with E-state index in [1.54, 1.807) is 0 Å². The summed E-state index contributed by atoms with van der Waals surface area (Å²) in [7, 11) is 1.84. The van der Waals surface area contributed by atoms with E-state index in [0.717, 1.165) is 77.6 Å². The number of esters is 1. The highest BCUT2D eigenvalue weighted by molar-refractivity contribution is 5.80. The van der Waals surface area contributed by atoms with Gasteiger partial charge in [0.05, 0.1) is 12.5 Å². The molecule has 0 bridgehead atoms. The third-order valence-electron chi connectivity index (χ3n) is 6.52. The molecule has 2 aliphatic heterocycles. The Kier molecular flexibility index (Phi) is 10.3. The minimum absolute atomic E-state index is 0.0393. The fourth-order valence-electron chi connectivity index (χ4n) is 4.59. The number of aliphatic imine (C=N–C) groups is 1. The minimum atomic E-state index is -0.0454. The fourth-order valence-corrected chi connectivity index (χ4v) is 4.59. The van der Waals surface area contributed by atoms with Gasteiger partial charge in [-0.2, -0.15) is 0 Å². The van der Waals surface area contributed by atoms with Crippen LogP contribution in [0.1, 0.15) is 38.2 Å². The highest BCUT2D eigenvalue weighted by Gasteiger charge is 2.27. The molecule has 0 amide bonds. The highest BCUT2D eigenvalue weighted by Crippen LogP contribution is 2.18. The maximum absolute atomic E-state index is 11.9. The van der Waals surface area contributed by atoms with Crippen molar-refractivity contribution in [3.8, 4) is 0 Å². The van der Waals surface area contributed by atoms with Crippen molar-refractivity contribution in [1.82, 2.24) is 20.0 Å². The number of likely N-dealkylation sites (tertiary alicyclic amines) is 1. The Morgan fingerprint density at radius 3 is 2.38 bits per heavy atom. The van der Waals surface area contributed by atoms with Gasteiger partial charge in [-0.3, -0.25) is 14.7 Å². The lowest BCUT2D eigenvalue weighted by molar-refractivity contribution is -0.149. The number of nitrogens with one attached hydrogen (secondary N) is 1. The summed E-state index contributed by atoms with van der Waals surface area (Å²) in [5, 5.41) is 3.51. The van der Waals surface area contributed by atoms with Gasteiger partial charge in [-0.25, -0.2) is 0 Å². The van der Waals surface area contributed by atoms with Crippen LogP contribution >= 0.6 is 0 Å². The molecule has 0 aliphatic carbocycles. The third kappa shape index (κ3) is 7.78. The van der Waals surface area contributed by atoms with Gasteiger partial charge in [0.1, 0.15) is 0 Å². The van der Waals surface area contributed by atoms with E-state index in [0.29, 0.717) is 6.61 Å². The van der Waals surface area contributed by atoms with Crippen LogP contribution in [0.15, 0.2) is 35.3 Å². The summed E-state index contributed by atoms with van der Waals surface area (Å²) >= 11 is 0. The van der Waals surface area contributed by atoms with Gasteiger partial charge in [0.25, 0.3) is 0 Å². The molecule has 3 rings (SSSR count). The SMILES string of the molecule is CCOC(=O)C1CCN(C(=NC)NCCCCN2CCN(Cc3ccccc3)CC2)CC1. The number of piperidine rings is 1. The first-order chi connectivity index (χ1) is 15.7. The summed E-state index contributed by atoms with van der Waals surface area (Å²) in [6.07, 6.45) is 4.03. The Bertz CT molecular complexity index is 696. The number of unbranched alkanes of at least 4 members (excludes halogenated alkanes) is 1. The van der Waals surface area contributed by atoms with E-state index >= 15 is 0 Å². The van der Waals surface area contributed by atoms with Crippen molar-refractivity contribution < 1.29 is 9.53 Å². The number of nitrogens with zero attached hydrogens (tertiary/aromatic N) is 4. The maximum Gasteiger partial charge on any atom is 0.309 e. The third-order valence-corrected chi connectivity index (χ3v) is 6.52. The average Bonchev–Trinajstić information content (AvgIpc) is 2.83. The van der Waals surface area contributed by atoms with Crippen LogP contribution in [0.2, 0.25) is 0 Å². The molecule has 1 aromatic rings. The summed E-state index contributed by atoms with van der Waals surface area (Å²) in [4.78, 5) is 23.8. The van der Waals surface area contributed by atoms with E-state index in [4.69, 9.17) is 4.74 Å². The zero-order chi connectivity index (χ0) is 22.6. The second-order valence-electron chi connectivity index (χ2n) is 8.80. The van der Waals surface area contributed by atoms with Gasteiger partial charge in [-0.1, -0.05) is 30.3 Å². The van der Waals surface area contributed by atoms with E-state index < -0.39 is 0 Å². The highest BCUT2D eigenvalue weighted by atomic mass is 16.5. The number of ether oxygens (including phenoxy) is 1. The molecular weight excluding hydrogens is 402 g/mol. The van der Waals surface area contributed by atoms with Gasteiger partial charge < -0.3 is 19.9 Å². The molecule has 2 heterocycles. The van der Waals surface area contributed by atoms with Gasteiger partial charge in [-0.05, 0) is 44.7 Å². The molecule has 0 spiro atoms. The molecule has 2 aliphatic rings. The van der Waals surface area contributed by atoms with Gasteiger partial charge in [-0.15, -0.1) is 0 Å². The van der Waals surface area contributed by atoms with Gasteiger partial charge in [0.2, 0.25) is 0 Å². The number of piperazine rings is 1. The van der Waals surface area contributed by atoms with E-state index in [-0.39, 0.29) is 11.9 Å². The molecular formula is C25H41N5O2. The molecule has 1 N–H and O–H groups in total. The minimum Gasteiger partial charge on any atom is -0.466 e. The molecule has 2 saturated heterocycles. The Balaban J connectivity index is 1.25. The standard InChI is InChI=1S/C25H41N5O2/c1-3-32-24(31)23-11-15-30(16-12-23)25(26-2)27-13-7-8-14-28-17-19-29(20-18-28)21-22-9-5-4-6-10-22/h4-6,9-10,23H,3,7-8,11-21H2,1-2H3,(H,26,27). The van der Waals surface area contributed by atoms with Crippen LogP contribution < -0.4 is 5.32 Å². The van der Waals surface area contributed by atoms with Crippen LogP contribution in [0.4, 0.5) is 0 Å². The lowest BCUT2D eigenvalue weighted by Crippen LogP contribution is -2.47. The zero-order valence-corrected chi connectivity index (χ0v) is 20.0. The predicted octanol–water partition coefficient (Wildman–Crippen LogP) is 2.43. The van der Waals surface area contributed by atoms with Crippen molar-refractivity contribution in [3.05, 3.63) is 35.9 Å². The Labute approximate surface area is 193 Å². The number of hydrogen-bond acceptors (Lipinski definition) is 5. The molecule has 2 fully saturated rings. The van der Waals surface area contributed by atoms with Crippen LogP contribution in [0.3, 0.4) is 0 Å². The number of benzene rings is 1. The van der Waals surface area contributed by atoms with Gasteiger partial charge >= 0.3 is 5.97 Å². The summed E-state index contributed by atoms with van der Waals surface area (Å²) in [6.45, 7) is 11.9. The Morgan fingerprint density at radius 2 is 1.72 bits per heavy atom. The van der Waals surface area contributed by atoms with Crippen molar-refractivity contribution in [2.75, 3.05) is 66.0 Å². The van der Waals surface area contributed by atoms with Crippen molar-refractivity contribution >= 4 is 11.9 Å². The van der Waals surface area contributed by atoms with Crippen molar-refractivity contribution in [1.29, 1.82) is 0 Å². The Hall–Kier alpha value is -2.12. The molecule has 1 aromatic carbocycles. The van der Waals surface area contributed by atoms with Crippen LogP contribution in [0.25, 0.3) is 0 Å². The molecule has 0 atom stereocenters. The zero-order valence-electron chi connectivity index (χ0n) is 20.0. The average molecular weight is 444 g/mol. The summed E-state index contributed by atoms with van der Waals surface area (Å²) < 4.78 is 5.17. The van der Waals surface area contributed by atoms with Crippen LogP contribution in [-0.4, -0.2) is 92.6 Å². The number of carbonyl (C=O) groups excluding carboxylic acids is 1. The lowest BCUT2D eigenvalue weighted by atomic mass is 9.97. The smallest absolute Gasteiger partial charge is 0.309 e. The number of hydrogen-bond donors (Lipinski definition) is 1. The van der Waals surface area contributed by atoms with E-state index in [2.05, 4.69) is 55.3 Å². The molecule has 0 unspecified atom stereocenters. The molecule has 7 nitrogen and oxygen atoms in total. The first kappa shape index (κ1) is 24.5. The number of rotatable bonds is 9. The largest absolute Gasteiger partial charge is 0.466 e. The Morgan fingerprint density at radius 1 is 1.03 bits per heavy atom. The fraction of sp³-hybridized carbons (Fsp3) is 0.680. The second kappa shape index (κ2) is 13.4. The summed E-state index contributed by atoms with van der Waals surface area (Å²) in [5.41, 5.74) is 1.41. The molecule has 0 saturated carbocycles. The topological polar surface area (TPSA) is 60.4 Å². The lowest BCUT2D eigenvalue weighted by Gasteiger charge is -2.35. The monoisotopic (exact) mass is 443 g/mol. The molecule has 7 heteroatoms. The molecule has 178 valence electrons. The van der Waals surface area contributed by atoms with E-state index in [1.807, 2.05) is 14.0 Å². The van der Waals surface area contributed by atoms with Gasteiger partial charge in [0, 0.05) is 59.4 Å². The molecule has 32 heavy (non-hydrogen) atoms. The number of carbonyl (C=O) groups is 1. The van der Waals surface area contributed by atoms with Crippen LogP contribution in [0, 0.1) is 5.92 Å². The first-order valence-electron chi connectivity index (χ1n) is 12.3.